The highest BCUT2D eigenvalue weighted by molar-refractivity contribution is 5.31. The Hall–Kier alpha value is -1.35. The highest BCUT2D eigenvalue weighted by Gasteiger charge is 2.24. The lowest BCUT2D eigenvalue weighted by Gasteiger charge is -2.38. The van der Waals surface area contributed by atoms with Gasteiger partial charge in [-0.25, -0.2) is 0 Å². The molecule has 21 heavy (non-hydrogen) atoms. The summed E-state index contributed by atoms with van der Waals surface area (Å²) in [7, 11) is 2.21. The van der Waals surface area contributed by atoms with Crippen molar-refractivity contribution in [3.05, 3.63) is 71.8 Å². The maximum atomic E-state index is 2.60. The van der Waals surface area contributed by atoms with E-state index in [2.05, 4.69) is 77.5 Å². The highest BCUT2D eigenvalue weighted by atomic mass is 35.5. The molecule has 0 N–H and O–H groups in total. The fraction of sp³-hybridized carbons (Fsp3) is 0.333. The van der Waals surface area contributed by atoms with E-state index in [1.807, 2.05) is 0 Å². The maximum absolute atomic E-state index is 2.60. The minimum absolute atomic E-state index is 0. The zero-order valence-electron chi connectivity index (χ0n) is 12.5. The first-order chi connectivity index (χ1) is 9.84. The quantitative estimate of drug-likeness (QED) is 0.789. The van der Waals surface area contributed by atoms with E-state index < -0.39 is 0 Å². The molecule has 0 atom stereocenters. The monoisotopic (exact) mass is 301 g/mol. The van der Waals surface area contributed by atoms with E-state index in [1.54, 1.807) is 0 Å². The van der Waals surface area contributed by atoms with Crippen LogP contribution in [0.3, 0.4) is 0 Å². The predicted molar refractivity (Wildman–Crippen MR) is 83.8 cm³/mol. The molecule has 1 aliphatic rings. The lowest BCUT2D eigenvalue weighted by atomic mass is 9.96. The van der Waals surface area contributed by atoms with Crippen LogP contribution >= 0.6 is 0 Å². The van der Waals surface area contributed by atoms with Crippen molar-refractivity contribution in [1.29, 1.82) is 0 Å². The second-order valence-corrected chi connectivity index (χ2v) is 5.56. The van der Waals surface area contributed by atoms with Gasteiger partial charge in [-0.15, -0.1) is 0 Å². The Kier molecular flexibility index (Phi) is 5.80. The first-order valence-corrected chi connectivity index (χ1v) is 7.37. The molecule has 1 fully saturated rings. The van der Waals surface area contributed by atoms with Gasteiger partial charge in [-0.2, -0.15) is 0 Å². The molecule has 112 valence electrons. The lowest BCUT2D eigenvalue weighted by molar-refractivity contribution is -0.00000405. The number of likely N-dealkylation sites (N-methyl/N-ethyl adjacent to an activating group) is 1. The average molecular weight is 302 g/mol. The van der Waals surface area contributed by atoms with E-state index in [1.165, 1.54) is 11.1 Å². The van der Waals surface area contributed by atoms with Gasteiger partial charge in [-0.3, -0.25) is 4.90 Å². The third-order valence-corrected chi connectivity index (χ3v) is 4.13. The summed E-state index contributed by atoms with van der Waals surface area (Å²) in [6, 6.07) is 22.1. The number of hydrogen-bond acceptors (Lipinski definition) is 2. The van der Waals surface area contributed by atoms with Gasteiger partial charge in [0.2, 0.25) is 0 Å². The molecule has 0 bridgehead atoms. The van der Waals surface area contributed by atoms with E-state index in [9.17, 15) is 0 Å². The molecule has 0 aliphatic carbocycles. The largest absolute Gasteiger partial charge is 1.00 e. The number of halogens is 1. The van der Waals surface area contributed by atoms with E-state index in [-0.39, 0.29) is 12.4 Å². The van der Waals surface area contributed by atoms with Gasteiger partial charge in [0.25, 0.3) is 0 Å². The van der Waals surface area contributed by atoms with Crippen LogP contribution in [-0.2, 0) is 0 Å². The second-order valence-electron chi connectivity index (χ2n) is 5.56. The predicted octanol–water partition coefficient (Wildman–Crippen LogP) is 0.0274. The highest BCUT2D eigenvalue weighted by Crippen LogP contribution is 2.29. The zero-order valence-corrected chi connectivity index (χ0v) is 13.2. The van der Waals surface area contributed by atoms with Crippen LogP contribution in [0.5, 0.6) is 0 Å². The van der Waals surface area contributed by atoms with Crippen molar-refractivity contribution < 1.29 is 12.4 Å². The zero-order chi connectivity index (χ0) is 13.8. The molecule has 2 nitrogen and oxygen atoms in total. The van der Waals surface area contributed by atoms with Crippen molar-refractivity contribution in [2.45, 2.75) is 6.04 Å². The molecule has 0 saturated carbocycles. The van der Waals surface area contributed by atoms with Crippen molar-refractivity contribution in [2.24, 2.45) is 0 Å². The number of nitrogens with zero attached hydrogens (tertiary/aromatic N) is 2. The Morgan fingerprint density at radius 3 is 1.57 bits per heavy atom. The Morgan fingerprint density at radius 2 is 1.14 bits per heavy atom. The molecule has 0 spiro atoms. The average Bonchev–Trinajstić information content (AvgIpc) is 2.52. The summed E-state index contributed by atoms with van der Waals surface area (Å²) >= 11 is 0. The third kappa shape index (κ3) is 3.85. The number of piperazine rings is 1. The fourth-order valence-corrected chi connectivity index (χ4v) is 2.96. The first kappa shape index (κ1) is 16.0. The molecular formula is C18H22ClN2-. The molecule has 0 radical (unpaired) electrons. The number of hydrogen-bond donors (Lipinski definition) is 0. The molecule has 3 rings (SSSR count). The molecule has 1 saturated heterocycles. The minimum Gasteiger partial charge on any atom is -1.00 e. The molecule has 2 aromatic carbocycles. The molecule has 1 heterocycles. The van der Waals surface area contributed by atoms with Gasteiger partial charge in [0.15, 0.2) is 0 Å². The topological polar surface area (TPSA) is 6.48 Å². The van der Waals surface area contributed by atoms with Crippen molar-refractivity contribution >= 4 is 0 Å². The van der Waals surface area contributed by atoms with Gasteiger partial charge in [-0.05, 0) is 18.2 Å². The van der Waals surface area contributed by atoms with Crippen LogP contribution in [0.4, 0.5) is 0 Å². The van der Waals surface area contributed by atoms with E-state index in [0.717, 1.165) is 26.2 Å². The molecule has 3 heteroatoms. The maximum Gasteiger partial charge on any atom is 0.0602 e. The number of benzene rings is 2. The molecule has 0 unspecified atom stereocenters. The molecule has 0 aromatic heterocycles. The van der Waals surface area contributed by atoms with Gasteiger partial charge < -0.3 is 17.3 Å². The fourth-order valence-electron chi connectivity index (χ4n) is 2.96. The van der Waals surface area contributed by atoms with Crippen LogP contribution in [0.25, 0.3) is 0 Å². The number of rotatable bonds is 3. The second kappa shape index (κ2) is 7.60. The Bertz CT molecular complexity index is 482. The van der Waals surface area contributed by atoms with Crippen LogP contribution < -0.4 is 12.4 Å². The van der Waals surface area contributed by atoms with Crippen molar-refractivity contribution in [3.8, 4) is 0 Å². The van der Waals surface area contributed by atoms with E-state index in [0.29, 0.717) is 6.04 Å². The van der Waals surface area contributed by atoms with E-state index >= 15 is 0 Å². The summed E-state index contributed by atoms with van der Waals surface area (Å²) in [6.07, 6.45) is 0. The van der Waals surface area contributed by atoms with Crippen molar-refractivity contribution in [2.75, 3.05) is 33.2 Å². The van der Waals surface area contributed by atoms with Crippen LogP contribution in [0.2, 0.25) is 0 Å². The van der Waals surface area contributed by atoms with Gasteiger partial charge in [-0.1, -0.05) is 60.7 Å². The minimum atomic E-state index is 0. The standard InChI is InChI=1S/C18H22N2.ClH/c1-19-12-14-20(15-13-19)18(16-8-4-2-5-9-16)17-10-6-3-7-11-17;/h2-11,18H,12-15H2,1H3;1H/p-1. The summed E-state index contributed by atoms with van der Waals surface area (Å²) in [6.45, 7) is 4.56. The third-order valence-electron chi connectivity index (χ3n) is 4.13. The Morgan fingerprint density at radius 1 is 0.714 bits per heavy atom. The summed E-state index contributed by atoms with van der Waals surface area (Å²) < 4.78 is 0. The Labute approximate surface area is 133 Å². The summed E-state index contributed by atoms with van der Waals surface area (Å²) in [5.41, 5.74) is 2.78. The molecule has 0 amide bonds. The normalized spacial score (nSPS) is 16.7. The van der Waals surface area contributed by atoms with Crippen molar-refractivity contribution in [1.82, 2.24) is 9.80 Å². The van der Waals surface area contributed by atoms with Crippen LogP contribution in [-0.4, -0.2) is 43.0 Å². The van der Waals surface area contributed by atoms with Gasteiger partial charge in [0.05, 0.1) is 6.04 Å². The van der Waals surface area contributed by atoms with Crippen LogP contribution in [0.1, 0.15) is 17.2 Å². The van der Waals surface area contributed by atoms with Gasteiger partial charge >= 0.3 is 0 Å². The van der Waals surface area contributed by atoms with Gasteiger partial charge in [0, 0.05) is 26.2 Å². The molecular weight excluding hydrogens is 280 g/mol. The molecule has 1 aliphatic heterocycles. The summed E-state index contributed by atoms with van der Waals surface area (Å²) in [5, 5.41) is 0. The van der Waals surface area contributed by atoms with E-state index in [4.69, 9.17) is 0 Å². The summed E-state index contributed by atoms with van der Waals surface area (Å²) in [4.78, 5) is 5.01. The van der Waals surface area contributed by atoms with Crippen LogP contribution in [0, 0.1) is 0 Å². The smallest absolute Gasteiger partial charge is 0.0602 e. The van der Waals surface area contributed by atoms with Gasteiger partial charge in [0.1, 0.15) is 0 Å². The SMILES string of the molecule is CN1CCN(C(c2ccccc2)c2ccccc2)CC1.[Cl-]. The first-order valence-electron chi connectivity index (χ1n) is 7.37. The Balaban J connectivity index is 0.00000161. The van der Waals surface area contributed by atoms with Crippen LogP contribution in [0.15, 0.2) is 60.7 Å². The summed E-state index contributed by atoms with van der Waals surface area (Å²) in [5.74, 6) is 0. The lowest BCUT2D eigenvalue weighted by Crippen LogP contribution is -3.00. The molecule has 2 aromatic rings. The van der Waals surface area contributed by atoms with Crippen molar-refractivity contribution in [3.63, 3.8) is 0 Å².